The fourth-order valence-electron chi connectivity index (χ4n) is 8.12. The highest BCUT2D eigenvalue weighted by Crippen LogP contribution is 2.44. The first-order valence-electron chi connectivity index (χ1n) is 19.2. The van der Waals surface area contributed by atoms with Gasteiger partial charge in [0.1, 0.15) is 16.7 Å². The highest BCUT2D eigenvalue weighted by atomic mass is 16.3. The molecule has 0 aliphatic heterocycles. The summed E-state index contributed by atoms with van der Waals surface area (Å²) in [6.07, 6.45) is 0. The highest BCUT2D eigenvalue weighted by molar-refractivity contribution is 6.21. The highest BCUT2D eigenvalue weighted by Gasteiger charge is 2.19. The monoisotopic (exact) mass is 730 g/mol. The molecule has 0 aliphatic rings. The van der Waals surface area contributed by atoms with E-state index in [1.165, 1.54) is 16.5 Å². The average molecular weight is 731 g/mol. The van der Waals surface area contributed by atoms with Gasteiger partial charge in [0.25, 0.3) is 0 Å². The zero-order chi connectivity index (χ0) is 37.7. The van der Waals surface area contributed by atoms with Gasteiger partial charge >= 0.3 is 0 Å². The van der Waals surface area contributed by atoms with Crippen molar-refractivity contribution >= 4 is 60.9 Å². The van der Waals surface area contributed by atoms with E-state index in [-0.39, 0.29) is 0 Å². The Labute approximate surface area is 329 Å². The fourth-order valence-corrected chi connectivity index (χ4v) is 8.12. The van der Waals surface area contributed by atoms with Crippen molar-refractivity contribution in [3.8, 4) is 44.8 Å². The zero-order valence-electron chi connectivity index (χ0n) is 30.8. The first-order chi connectivity index (χ1) is 28.2. The van der Waals surface area contributed by atoms with E-state index in [9.17, 15) is 0 Å². The van der Waals surface area contributed by atoms with Gasteiger partial charge in [-0.3, -0.25) is 0 Å². The Balaban J connectivity index is 1.00. The molecule has 0 amide bonds. The van der Waals surface area contributed by atoms with Crippen LogP contribution in [0, 0.1) is 0 Å². The summed E-state index contributed by atoms with van der Waals surface area (Å²) in [5.41, 5.74) is 14.5. The van der Waals surface area contributed by atoms with Crippen molar-refractivity contribution < 1.29 is 8.83 Å². The average Bonchev–Trinajstić information content (AvgIpc) is 3.88. The third-order valence-electron chi connectivity index (χ3n) is 10.9. The van der Waals surface area contributed by atoms with Crippen LogP contribution in [-0.2, 0) is 0 Å². The number of oxazole rings is 1. The maximum Gasteiger partial charge on any atom is 0.227 e. The molecule has 0 saturated heterocycles. The lowest BCUT2D eigenvalue weighted by molar-refractivity contribution is 0.620. The van der Waals surface area contributed by atoms with Crippen molar-refractivity contribution in [3.63, 3.8) is 0 Å². The maximum atomic E-state index is 6.61. The smallest absolute Gasteiger partial charge is 0.227 e. The van der Waals surface area contributed by atoms with E-state index < -0.39 is 0 Å². The Hall–Kier alpha value is -7.69. The summed E-state index contributed by atoms with van der Waals surface area (Å²) in [6.45, 7) is 0. The van der Waals surface area contributed by atoms with Crippen molar-refractivity contribution in [2.24, 2.45) is 0 Å². The third kappa shape index (κ3) is 5.83. The minimum Gasteiger partial charge on any atom is -0.456 e. The minimum absolute atomic E-state index is 0.620. The molecule has 268 valence electrons. The second kappa shape index (κ2) is 13.6. The lowest BCUT2D eigenvalue weighted by Gasteiger charge is -2.26. The fraction of sp³-hybridized carbons (Fsp3) is 0. The topological polar surface area (TPSA) is 42.4 Å². The van der Waals surface area contributed by atoms with Crippen LogP contribution in [0.15, 0.2) is 215 Å². The quantitative estimate of drug-likeness (QED) is 0.164. The number of fused-ring (bicyclic) bond motifs is 5. The number of para-hydroxylation sites is 3. The lowest BCUT2D eigenvalue weighted by Crippen LogP contribution is -2.09. The molecule has 11 aromatic rings. The normalized spacial score (nSPS) is 11.5. The van der Waals surface area contributed by atoms with Crippen molar-refractivity contribution in [2.75, 3.05) is 4.90 Å². The van der Waals surface area contributed by atoms with E-state index in [1.807, 2.05) is 24.3 Å². The number of hydrogen-bond acceptors (Lipinski definition) is 4. The van der Waals surface area contributed by atoms with Crippen molar-refractivity contribution in [2.45, 2.75) is 0 Å². The summed E-state index contributed by atoms with van der Waals surface area (Å²) in [4.78, 5) is 7.01. The molecule has 0 unspecified atom stereocenters. The zero-order valence-corrected chi connectivity index (χ0v) is 30.8. The van der Waals surface area contributed by atoms with Gasteiger partial charge in [-0.05, 0) is 117 Å². The van der Waals surface area contributed by atoms with Crippen molar-refractivity contribution in [1.29, 1.82) is 0 Å². The summed E-state index contributed by atoms with van der Waals surface area (Å²) < 4.78 is 12.7. The summed E-state index contributed by atoms with van der Waals surface area (Å²) in [5, 5.41) is 4.52. The van der Waals surface area contributed by atoms with Crippen LogP contribution in [0.2, 0.25) is 0 Å². The molecule has 0 atom stereocenters. The maximum absolute atomic E-state index is 6.61. The first-order valence-corrected chi connectivity index (χ1v) is 19.2. The Morgan fingerprint density at radius 2 is 0.912 bits per heavy atom. The number of benzene rings is 9. The lowest BCUT2D eigenvalue weighted by atomic mass is 9.92. The molecular formula is C53H34N2O2. The van der Waals surface area contributed by atoms with E-state index in [0.29, 0.717) is 5.89 Å². The standard InChI is InChI=1S/C53H34N2O2/c1-3-11-35(12-4-1)36-23-28-43(29-24-36)55(42-14-5-2-6-15-42)44-30-25-38(26-31-44)51-45-16-8-7-13-41(45)34-50-52(51)46-33-40(27-32-48(46)56-50)37-19-21-39(22-20-37)53-54-47-17-9-10-18-49(47)57-53/h1-34H. The molecular weight excluding hydrogens is 697 g/mol. The van der Waals surface area contributed by atoms with E-state index in [0.717, 1.165) is 83.3 Å². The summed E-state index contributed by atoms with van der Waals surface area (Å²) in [5.74, 6) is 0.620. The van der Waals surface area contributed by atoms with E-state index in [1.54, 1.807) is 0 Å². The molecule has 4 nitrogen and oxygen atoms in total. The second-order valence-electron chi connectivity index (χ2n) is 14.4. The molecule has 11 rings (SSSR count). The summed E-state index contributed by atoms with van der Waals surface area (Å²) in [6, 6.07) is 72.4. The Morgan fingerprint density at radius 1 is 0.351 bits per heavy atom. The van der Waals surface area contributed by atoms with E-state index in [4.69, 9.17) is 13.8 Å². The minimum atomic E-state index is 0.620. The van der Waals surface area contributed by atoms with Gasteiger partial charge in [-0.1, -0.05) is 127 Å². The number of anilines is 3. The van der Waals surface area contributed by atoms with E-state index in [2.05, 4.69) is 187 Å². The van der Waals surface area contributed by atoms with Crippen LogP contribution in [0.4, 0.5) is 17.1 Å². The molecule has 0 radical (unpaired) electrons. The summed E-state index contributed by atoms with van der Waals surface area (Å²) >= 11 is 0. The molecule has 0 saturated carbocycles. The molecule has 0 aliphatic carbocycles. The van der Waals surface area contributed by atoms with Gasteiger partial charge in [-0.25, -0.2) is 4.98 Å². The largest absolute Gasteiger partial charge is 0.456 e. The summed E-state index contributed by atoms with van der Waals surface area (Å²) in [7, 11) is 0. The van der Waals surface area contributed by atoms with E-state index >= 15 is 0 Å². The second-order valence-corrected chi connectivity index (χ2v) is 14.4. The predicted molar refractivity (Wildman–Crippen MR) is 235 cm³/mol. The van der Waals surface area contributed by atoms with Gasteiger partial charge in [0.2, 0.25) is 5.89 Å². The van der Waals surface area contributed by atoms with Crippen LogP contribution >= 0.6 is 0 Å². The van der Waals surface area contributed by atoms with Gasteiger partial charge < -0.3 is 13.7 Å². The Kier molecular flexibility index (Phi) is 7.78. The number of rotatable bonds is 7. The van der Waals surface area contributed by atoms with Crippen LogP contribution in [0.1, 0.15) is 0 Å². The SMILES string of the molecule is c1ccc(-c2ccc(N(c3ccccc3)c3ccc(-c4c5ccccc5cc5oc6ccc(-c7ccc(-c8nc9ccccc9o8)cc7)cc6c45)cc3)cc2)cc1. The van der Waals surface area contributed by atoms with Gasteiger partial charge in [-0.15, -0.1) is 0 Å². The molecule has 0 fully saturated rings. The molecule has 2 heterocycles. The van der Waals surface area contributed by atoms with Gasteiger partial charge in [-0.2, -0.15) is 0 Å². The molecule has 57 heavy (non-hydrogen) atoms. The van der Waals surface area contributed by atoms with Crippen LogP contribution in [-0.4, -0.2) is 4.98 Å². The molecule has 0 bridgehead atoms. The number of aromatic nitrogens is 1. The van der Waals surface area contributed by atoms with Crippen molar-refractivity contribution in [3.05, 3.63) is 206 Å². The van der Waals surface area contributed by atoms with Crippen LogP contribution in [0.5, 0.6) is 0 Å². The van der Waals surface area contributed by atoms with Gasteiger partial charge in [0.05, 0.1) is 0 Å². The Bertz CT molecular complexity index is 3170. The van der Waals surface area contributed by atoms with Crippen molar-refractivity contribution in [1.82, 2.24) is 4.98 Å². The molecule has 0 N–H and O–H groups in total. The third-order valence-corrected chi connectivity index (χ3v) is 10.9. The van der Waals surface area contributed by atoms with Crippen LogP contribution in [0.25, 0.3) is 88.6 Å². The predicted octanol–water partition coefficient (Wildman–Crippen LogP) is 15.0. The van der Waals surface area contributed by atoms with Crippen LogP contribution < -0.4 is 4.90 Å². The van der Waals surface area contributed by atoms with Crippen LogP contribution in [0.3, 0.4) is 0 Å². The molecule has 4 heteroatoms. The van der Waals surface area contributed by atoms with Gasteiger partial charge in [0, 0.05) is 39.0 Å². The molecule has 2 aromatic heterocycles. The number of hydrogen-bond donors (Lipinski definition) is 0. The Morgan fingerprint density at radius 3 is 1.67 bits per heavy atom. The number of furan rings is 1. The molecule has 9 aromatic carbocycles. The number of nitrogens with zero attached hydrogens (tertiary/aromatic N) is 2. The van der Waals surface area contributed by atoms with Gasteiger partial charge in [0.15, 0.2) is 5.58 Å². The molecule has 0 spiro atoms. The first kappa shape index (κ1) is 32.7.